The third kappa shape index (κ3) is 2.19. The summed E-state index contributed by atoms with van der Waals surface area (Å²) in [6.45, 7) is 3.44. The second kappa shape index (κ2) is 5.02. The SMILES string of the molecule is Cc1cc2cc(C(=O)N3CCC(c4ccn[nH]4)C3)ccc2o1. The van der Waals surface area contributed by atoms with E-state index in [1.165, 1.54) is 0 Å². The lowest BCUT2D eigenvalue weighted by atomic mass is 10.1. The van der Waals surface area contributed by atoms with Crippen LogP contribution in [0.15, 0.2) is 40.9 Å². The van der Waals surface area contributed by atoms with Crippen molar-refractivity contribution >= 4 is 16.9 Å². The van der Waals surface area contributed by atoms with E-state index in [1.807, 2.05) is 42.2 Å². The number of benzene rings is 1. The zero-order chi connectivity index (χ0) is 15.1. The summed E-state index contributed by atoms with van der Waals surface area (Å²) in [6.07, 6.45) is 2.73. The number of amides is 1. The van der Waals surface area contributed by atoms with Gasteiger partial charge in [0.2, 0.25) is 0 Å². The third-order valence-corrected chi connectivity index (χ3v) is 4.32. The average molecular weight is 295 g/mol. The molecule has 2 aromatic heterocycles. The van der Waals surface area contributed by atoms with E-state index in [1.54, 1.807) is 6.20 Å². The molecule has 1 aromatic carbocycles. The minimum absolute atomic E-state index is 0.0859. The number of nitrogens with one attached hydrogen (secondary N) is 1. The van der Waals surface area contributed by atoms with E-state index in [0.717, 1.165) is 47.5 Å². The lowest BCUT2D eigenvalue weighted by molar-refractivity contribution is 0.0791. The molecule has 1 aliphatic heterocycles. The van der Waals surface area contributed by atoms with Crippen LogP contribution in [0, 0.1) is 6.92 Å². The number of aromatic nitrogens is 2. The summed E-state index contributed by atoms with van der Waals surface area (Å²) in [4.78, 5) is 14.6. The highest BCUT2D eigenvalue weighted by atomic mass is 16.3. The number of furan rings is 1. The third-order valence-electron chi connectivity index (χ3n) is 4.32. The van der Waals surface area contributed by atoms with Crippen LogP contribution >= 0.6 is 0 Å². The summed E-state index contributed by atoms with van der Waals surface area (Å²) >= 11 is 0. The van der Waals surface area contributed by atoms with Gasteiger partial charge in [0.25, 0.3) is 5.91 Å². The Hall–Kier alpha value is -2.56. The second-order valence-corrected chi connectivity index (χ2v) is 5.86. The highest BCUT2D eigenvalue weighted by molar-refractivity contribution is 5.98. The van der Waals surface area contributed by atoms with Crippen LogP contribution in [0.2, 0.25) is 0 Å². The van der Waals surface area contributed by atoms with Gasteiger partial charge >= 0.3 is 0 Å². The normalized spacial score (nSPS) is 18.2. The largest absolute Gasteiger partial charge is 0.461 e. The summed E-state index contributed by atoms with van der Waals surface area (Å²) in [5.41, 5.74) is 2.65. The van der Waals surface area contributed by atoms with E-state index in [0.29, 0.717) is 5.92 Å². The number of fused-ring (bicyclic) bond motifs is 1. The number of nitrogens with zero attached hydrogens (tertiary/aromatic N) is 2. The van der Waals surface area contributed by atoms with Crippen LogP contribution in [0.25, 0.3) is 11.0 Å². The Kier molecular flexibility index (Phi) is 2.99. The molecule has 0 radical (unpaired) electrons. The minimum atomic E-state index is 0.0859. The second-order valence-electron chi connectivity index (χ2n) is 5.86. The first kappa shape index (κ1) is 13.1. The number of hydrogen-bond acceptors (Lipinski definition) is 3. The molecular weight excluding hydrogens is 278 g/mol. The number of likely N-dealkylation sites (tertiary alicyclic amines) is 1. The van der Waals surface area contributed by atoms with Gasteiger partial charge in [0.1, 0.15) is 11.3 Å². The molecule has 22 heavy (non-hydrogen) atoms. The molecule has 3 aromatic rings. The van der Waals surface area contributed by atoms with Crippen molar-refractivity contribution in [1.29, 1.82) is 0 Å². The molecule has 1 atom stereocenters. The van der Waals surface area contributed by atoms with Gasteiger partial charge in [-0.25, -0.2) is 0 Å². The highest BCUT2D eigenvalue weighted by Crippen LogP contribution is 2.27. The number of hydrogen-bond donors (Lipinski definition) is 1. The lowest BCUT2D eigenvalue weighted by Crippen LogP contribution is -2.28. The molecule has 1 unspecified atom stereocenters. The maximum Gasteiger partial charge on any atom is 0.253 e. The Morgan fingerprint density at radius 1 is 1.36 bits per heavy atom. The first-order valence-electron chi connectivity index (χ1n) is 7.49. The average Bonchev–Trinajstić information content (AvgIpc) is 3.24. The van der Waals surface area contributed by atoms with Gasteiger partial charge in [-0.05, 0) is 43.7 Å². The van der Waals surface area contributed by atoms with E-state index in [-0.39, 0.29) is 5.91 Å². The molecule has 1 aliphatic rings. The van der Waals surface area contributed by atoms with Crippen molar-refractivity contribution in [3.05, 3.63) is 53.5 Å². The van der Waals surface area contributed by atoms with Crippen LogP contribution in [0.3, 0.4) is 0 Å². The number of carbonyl (C=O) groups is 1. The quantitative estimate of drug-likeness (QED) is 0.790. The topological polar surface area (TPSA) is 62.1 Å². The smallest absolute Gasteiger partial charge is 0.253 e. The number of carbonyl (C=O) groups excluding carboxylic acids is 1. The van der Waals surface area contributed by atoms with E-state index in [9.17, 15) is 4.79 Å². The van der Waals surface area contributed by atoms with Crippen LogP contribution in [0.1, 0.15) is 34.2 Å². The Morgan fingerprint density at radius 2 is 2.27 bits per heavy atom. The van der Waals surface area contributed by atoms with Crippen molar-refractivity contribution in [3.63, 3.8) is 0 Å². The van der Waals surface area contributed by atoms with Crippen molar-refractivity contribution in [2.45, 2.75) is 19.3 Å². The zero-order valence-corrected chi connectivity index (χ0v) is 12.4. The van der Waals surface area contributed by atoms with E-state index >= 15 is 0 Å². The van der Waals surface area contributed by atoms with Crippen LogP contribution in [-0.4, -0.2) is 34.1 Å². The molecule has 5 nitrogen and oxygen atoms in total. The van der Waals surface area contributed by atoms with Gasteiger partial charge < -0.3 is 9.32 Å². The van der Waals surface area contributed by atoms with Crippen LogP contribution in [-0.2, 0) is 0 Å². The lowest BCUT2D eigenvalue weighted by Gasteiger charge is -2.16. The van der Waals surface area contributed by atoms with E-state index in [4.69, 9.17) is 4.42 Å². The fourth-order valence-electron chi connectivity index (χ4n) is 3.18. The van der Waals surface area contributed by atoms with Crippen LogP contribution < -0.4 is 0 Å². The minimum Gasteiger partial charge on any atom is -0.461 e. The molecule has 1 amide bonds. The zero-order valence-electron chi connectivity index (χ0n) is 12.4. The van der Waals surface area contributed by atoms with Crippen molar-refractivity contribution in [3.8, 4) is 0 Å². The predicted octanol–water partition coefficient (Wildman–Crippen LogP) is 3.09. The van der Waals surface area contributed by atoms with E-state index in [2.05, 4.69) is 10.2 Å². The van der Waals surface area contributed by atoms with Gasteiger partial charge in [0.05, 0.1) is 0 Å². The Labute approximate surface area is 127 Å². The fraction of sp³-hybridized carbons (Fsp3) is 0.294. The molecule has 1 saturated heterocycles. The highest BCUT2D eigenvalue weighted by Gasteiger charge is 2.28. The molecule has 1 N–H and O–H groups in total. The summed E-state index contributed by atoms with van der Waals surface area (Å²) < 4.78 is 5.56. The standard InChI is InChI=1S/C17H17N3O2/c1-11-8-14-9-12(2-3-16(14)22-11)17(21)20-7-5-13(10-20)15-4-6-18-19-15/h2-4,6,8-9,13H,5,7,10H2,1H3,(H,18,19). The number of H-pyrrole nitrogens is 1. The van der Waals surface area contributed by atoms with Gasteiger partial charge in [0.15, 0.2) is 0 Å². The van der Waals surface area contributed by atoms with Crippen molar-refractivity contribution in [2.24, 2.45) is 0 Å². The van der Waals surface area contributed by atoms with Crippen molar-refractivity contribution < 1.29 is 9.21 Å². The molecular formula is C17H17N3O2. The van der Waals surface area contributed by atoms with E-state index < -0.39 is 0 Å². The number of rotatable bonds is 2. The first-order chi connectivity index (χ1) is 10.7. The summed E-state index contributed by atoms with van der Waals surface area (Å²) in [7, 11) is 0. The Bertz CT molecular complexity index is 820. The maximum absolute atomic E-state index is 12.7. The van der Waals surface area contributed by atoms with Crippen molar-refractivity contribution in [1.82, 2.24) is 15.1 Å². The predicted molar refractivity (Wildman–Crippen MR) is 82.8 cm³/mol. The van der Waals surface area contributed by atoms with Gasteiger partial charge in [0, 0.05) is 41.8 Å². The van der Waals surface area contributed by atoms with Crippen LogP contribution in [0.5, 0.6) is 0 Å². The summed E-state index contributed by atoms with van der Waals surface area (Å²) in [5, 5.41) is 7.98. The Balaban J connectivity index is 1.55. The molecule has 0 saturated carbocycles. The molecule has 4 rings (SSSR count). The molecule has 0 spiro atoms. The Morgan fingerprint density at radius 3 is 3.09 bits per heavy atom. The first-order valence-corrected chi connectivity index (χ1v) is 7.49. The molecule has 112 valence electrons. The molecule has 0 bridgehead atoms. The van der Waals surface area contributed by atoms with Gasteiger partial charge in [-0.2, -0.15) is 5.10 Å². The molecule has 1 fully saturated rings. The summed E-state index contributed by atoms with van der Waals surface area (Å²) in [6, 6.07) is 9.58. The number of aromatic amines is 1. The van der Waals surface area contributed by atoms with Gasteiger partial charge in [-0.1, -0.05) is 0 Å². The van der Waals surface area contributed by atoms with Crippen molar-refractivity contribution in [2.75, 3.05) is 13.1 Å². The maximum atomic E-state index is 12.7. The summed E-state index contributed by atoms with van der Waals surface area (Å²) in [5.74, 6) is 1.30. The molecule has 5 heteroatoms. The molecule has 0 aliphatic carbocycles. The van der Waals surface area contributed by atoms with Gasteiger partial charge in [-0.15, -0.1) is 0 Å². The van der Waals surface area contributed by atoms with Gasteiger partial charge in [-0.3, -0.25) is 9.89 Å². The monoisotopic (exact) mass is 295 g/mol. The fourth-order valence-corrected chi connectivity index (χ4v) is 3.18. The van der Waals surface area contributed by atoms with Crippen LogP contribution in [0.4, 0.5) is 0 Å². The molecule has 3 heterocycles. The number of aryl methyl sites for hydroxylation is 1.